The molecule has 0 saturated carbocycles. The molecular weight excluding hydrogens is 224 g/mol. The second-order valence-electron chi connectivity index (χ2n) is 4.71. The van der Waals surface area contributed by atoms with Crippen LogP contribution in [0.3, 0.4) is 0 Å². The first-order valence-corrected chi connectivity index (χ1v) is 6.19. The second-order valence-corrected chi connectivity index (χ2v) is 4.71. The Morgan fingerprint density at radius 2 is 2.06 bits per heavy atom. The van der Waals surface area contributed by atoms with E-state index in [9.17, 15) is 0 Å². The summed E-state index contributed by atoms with van der Waals surface area (Å²) < 4.78 is 0. The molecule has 1 heterocycles. The van der Waals surface area contributed by atoms with Crippen LogP contribution in [0.4, 0.5) is 11.4 Å². The zero-order valence-corrected chi connectivity index (χ0v) is 11.0. The van der Waals surface area contributed by atoms with E-state index in [0.717, 1.165) is 41.7 Å². The largest absolute Gasteiger partial charge is 0.398 e. The van der Waals surface area contributed by atoms with E-state index in [1.54, 1.807) is 6.20 Å². The number of fused-ring (bicyclic) bond motifs is 1. The van der Waals surface area contributed by atoms with Crippen molar-refractivity contribution in [1.29, 1.82) is 0 Å². The highest BCUT2D eigenvalue weighted by molar-refractivity contribution is 6.00. The van der Waals surface area contributed by atoms with Gasteiger partial charge in [0.15, 0.2) is 0 Å². The van der Waals surface area contributed by atoms with Crippen molar-refractivity contribution < 1.29 is 0 Å². The Morgan fingerprint density at radius 1 is 1.22 bits per heavy atom. The Bertz CT molecular complexity index is 522. The molecule has 1 aromatic heterocycles. The lowest BCUT2D eigenvalue weighted by Crippen LogP contribution is -2.16. The third-order valence-corrected chi connectivity index (χ3v) is 2.95. The summed E-state index contributed by atoms with van der Waals surface area (Å²) >= 11 is 0. The van der Waals surface area contributed by atoms with Gasteiger partial charge in [0.25, 0.3) is 0 Å². The van der Waals surface area contributed by atoms with Crippen LogP contribution in [0.1, 0.15) is 6.42 Å². The number of hydrogen-bond donors (Lipinski definition) is 2. The van der Waals surface area contributed by atoms with Crippen LogP contribution in [0, 0.1) is 0 Å². The molecule has 96 valence electrons. The van der Waals surface area contributed by atoms with Gasteiger partial charge in [-0.05, 0) is 45.3 Å². The topological polar surface area (TPSA) is 54.2 Å². The van der Waals surface area contributed by atoms with Crippen molar-refractivity contribution in [1.82, 2.24) is 9.88 Å². The average molecular weight is 244 g/mol. The normalized spacial score (nSPS) is 11.1. The van der Waals surface area contributed by atoms with Gasteiger partial charge in [0.05, 0.1) is 0 Å². The average Bonchev–Trinajstić information content (AvgIpc) is 2.37. The number of anilines is 2. The number of rotatable bonds is 5. The number of aromatic nitrogens is 1. The predicted molar refractivity (Wildman–Crippen MR) is 77.8 cm³/mol. The van der Waals surface area contributed by atoms with E-state index >= 15 is 0 Å². The van der Waals surface area contributed by atoms with E-state index in [4.69, 9.17) is 5.73 Å². The van der Waals surface area contributed by atoms with E-state index in [2.05, 4.69) is 29.3 Å². The molecule has 0 fully saturated rings. The Balaban J connectivity index is 2.11. The van der Waals surface area contributed by atoms with Gasteiger partial charge in [-0.15, -0.1) is 0 Å². The lowest BCUT2D eigenvalue weighted by atomic mass is 10.1. The zero-order valence-electron chi connectivity index (χ0n) is 11.0. The van der Waals surface area contributed by atoms with E-state index in [0.29, 0.717) is 0 Å². The summed E-state index contributed by atoms with van der Waals surface area (Å²) in [5.74, 6) is 0. The fraction of sp³-hybridized carbons (Fsp3) is 0.357. The number of pyridine rings is 1. The molecule has 0 spiro atoms. The van der Waals surface area contributed by atoms with Gasteiger partial charge in [-0.1, -0.05) is 0 Å². The Labute approximate surface area is 108 Å². The van der Waals surface area contributed by atoms with Crippen LogP contribution in [0.5, 0.6) is 0 Å². The quantitative estimate of drug-likeness (QED) is 0.625. The van der Waals surface area contributed by atoms with Gasteiger partial charge in [0.2, 0.25) is 0 Å². The molecule has 0 aliphatic heterocycles. The van der Waals surface area contributed by atoms with Gasteiger partial charge >= 0.3 is 0 Å². The van der Waals surface area contributed by atoms with Crippen molar-refractivity contribution in [3.05, 3.63) is 30.6 Å². The summed E-state index contributed by atoms with van der Waals surface area (Å²) in [7, 11) is 4.17. The maximum atomic E-state index is 5.96. The van der Waals surface area contributed by atoms with Gasteiger partial charge in [0.1, 0.15) is 0 Å². The molecule has 0 radical (unpaired) electrons. The van der Waals surface area contributed by atoms with Crippen LogP contribution < -0.4 is 11.1 Å². The Kier molecular flexibility index (Phi) is 3.99. The fourth-order valence-corrected chi connectivity index (χ4v) is 1.99. The van der Waals surface area contributed by atoms with Crippen LogP contribution in [-0.4, -0.2) is 37.1 Å². The molecule has 18 heavy (non-hydrogen) atoms. The Morgan fingerprint density at radius 3 is 2.83 bits per heavy atom. The number of nitrogens with one attached hydrogen (secondary N) is 1. The maximum Gasteiger partial charge on any atom is 0.0437 e. The monoisotopic (exact) mass is 244 g/mol. The minimum Gasteiger partial charge on any atom is -0.398 e. The number of benzene rings is 1. The van der Waals surface area contributed by atoms with E-state index in [1.807, 2.05) is 24.4 Å². The summed E-state index contributed by atoms with van der Waals surface area (Å²) in [6.07, 6.45) is 4.74. The molecule has 2 aromatic rings. The highest BCUT2D eigenvalue weighted by Crippen LogP contribution is 2.27. The van der Waals surface area contributed by atoms with Crippen molar-refractivity contribution in [2.75, 3.05) is 38.2 Å². The van der Waals surface area contributed by atoms with Crippen molar-refractivity contribution in [3.63, 3.8) is 0 Å². The first-order valence-electron chi connectivity index (χ1n) is 6.19. The summed E-state index contributed by atoms with van der Waals surface area (Å²) in [5, 5.41) is 5.59. The molecule has 3 N–H and O–H groups in total. The van der Waals surface area contributed by atoms with Gasteiger partial charge < -0.3 is 16.0 Å². The summed E-state index contributed by atoms with van der Waals surface area (Å²) in [6, 6.07) is 5.92. The first kappa shape index (κ1) is 12.6. The first-order chi connectivity index (χ1) is 8.68. The summed E-state index contributed by atoms with van der Waals surface area (Å²) in [5.41, 5.74) is 7.86. The summed E-state index contributed by atoms with van der Waals surface area (Å²) in [4.78, 5) is 6.35. The highest BCUT2D eigenvalue weighted by atomic mass is 15.1. The molecule has 4 heteroatoms. The lowest BCUT2D eigenvalue weighted by molar-refractivity contribution is 0.405. The lowest BCUT2D eigenvalue weighted by Gasteiger charge is -2.13. The predicted octanol–water partition coefficient (Wildman–Crippen LogP) is 2.18. The smallest absolute Gasteiger partial charge is 0.0437 e. The third-order valence-electron chi connectivity index (χ3n) is 2.95. The van der Waals surface area contributed by atoms with Crippen LogP contribution in [0.2, 0.25) is 0 Å². The van der Waals surface area contributed by atoms with Crippen molar-refractivity contribution in [2.45, 2.75) is 6.42 Å². The molecule has 0 saturated heterocycles. The third kappa shape index (κ3) is 2.90. The van der Waals surface area contributed by atoms with Crippen LogP contribution >= 0.6 is 0 Å². The molecule has 0 atom stereocenters. The van der Waals surface area contributed by atoms with Crippen LogP contribution in [-0.2, 0) is 0 Å². The molecule has 4 nitrogen and oxygen atoms in total. The van der Waals surface area contributed by atoms with Gasteiger partial charge in [-0.2, -0.15) is 0 Å². The summed E-state index contributed by atoms with van der Waals surface area (Å²) in [6.45, 7) is 2.03. The molecule has 2 rings (SSSR count). The minimum absolute atomic E-state index is 0.797. The zero-order chi connectivity index (χ0) is 13.0. The van der Waals surface area contributed by atoms with Crippen LogP contribution in [0.25, 0.3) is 10.8 Å². The number of nitrogens with two attached hydrogens (primary N) is 1. The Hall–Kier alpha value is -1.81. The molecule has 0 bridgehead atoms. The van der Waals surface area contributed by atoms with E-state index in [1.165, 1.54) is 0 Å². The van der Waals surface area contributed by atoms with E-state index < -0.39 is 0 Å². The van der Waals surface area contributed by atoms with Gasteiger partial charge in [-0.3, -0.25) is 4.98 Å². The number of hydrogen-bond acceptors (Lipinski definition) is 4. The van der Waals surface area contributed by atoms with Gasteiger partial charge in [-0.25, -0.2) is 0 Å². The molecule has 0 unspecified atom stereocenters. The molecule has 1 aromatic carbocycles. The second kappa shape index (κ2) is 5.69. The molecule has 0 amide bonds. The number of nitrogens with zero attached hydrogens (tertiary/aromatic N) is 2. The standard InChI is InChI=1S/C14H20N4/c1-18(2)9-3-7-17-14-5-4-13(15)11-6-8-16-10-12(11)14/h4-6,8,10,17H,3,7,9,15H2,1-2H3. The fourth-order valence-electron chi connectivity index (χ4n) is 1.99. The van der Waals surface area contributed by atoms with Crippen molar-refractivity contribution >= 4 is 22.1 Å². The molecule has 0 aliphatic carbocycles. The SMILES string of the molecule is CN(C)CCCNc1ccc(N)c2ccncc12. The van der Waals surface area contributed by atoms with Gasteiger partial charge in [0, 0.05) is 41.1 Å². The highest BCUT2D eigenvalue weighted by Gasteiger charge is 2.03. The van der Waals surface area contributed by atoms with Crippen molar-refractivity contribution in [3.8, 4) is 0 Å². The molecular formula is C14H20N4. The van der Waals surface area contributed by atoms with Crippen LogP contribution in [0.15, 0.2) is 30.6 Å². The number of nitrogen functional groups attached to an aromatic ring is 1. The maximum absolute atomic E-state index is 5.96. The van der Waals surface area contributed by atoms with E-state index in [-0.39, 0.29) is 0 Å². The minimum atomic E-state index is 0.797. The molecule has 0 aliphatic rings. The van der Waals surface area contributed by atoms with Crippen molar-refractivity contribution in [2.24, 2.45) is 0 Å².